The number of carbonyl (C=O) groups excluding carboxylic acids is 2. The minimum absolute atomic E-state index is 0.00289. The van der Waals surface area contributed by atoms with Gasteiger partial charge in [-0.2, -0.15) is 0 Å². The van der Waals surface area contributed by atoms with Crippen LogP contribution in [-0.4, -0.2) is 24.0 Å². The molecule has 0 spiro atoms. The Morgan fingerprint density at radius 1 is 0.763 bits per heavy atom. The summed E-state index contributed by atoms with van der Waals surface area (Å²) in [6.45, 7) is 0. The van der Waals surface area contributed by atoms with Crippen molar-refractivity contribution >= 4 is 58.2 Å². The van der Waals surface area contributed by atoms with Crippen molar-refractivity contribution in [2.45, 2.75) is 6.42 Å². The maximum absolute atomic E-state index is 13.9. The molecule has 1 aliphatic heterocycles. The maximum atomic E-state index is 13.9. The van der Waals surface area contributed by atoms with Crippen molar-refractivity contribution in [3.8, 4) is 5.75 Å². The second-order valence-corrected chi connectivity index (χ2v) is 9.40. The Balaban J connectivity index is 1.65. The summed E-state index contributed by atoms with van der Waals surface area (Å²) in [6.07, 6.45) is 2.12. The van der Waals surface area contributed by atoms with Gasteiger partial charge in [0.05, 0.1) is 18.5 Å². The molecule has 0 N–H and O–H groups in total. The Hall–Kier alpha value is -4.26. The van der Waals surface area contributed by atoms with Crippen molar-refractivity contribution in [2.75, 3.05) is 16.9 Å². The van der Waals surface area contributed by atoms with E-state index in [1.807, 2.05) is 72.8 Å². The van der Waals surface area contributed by atoms with Crippen molar-refractivity contribution in [2.24, 2.45) is 0 Å². The van der Waals surface area contributed by atoms with Crippen LogP contribution >= 0.6 is 23.8 Å². The molecule has 0 bridgehead atoms. The second-order valence-electron chi connectivity index (χ2n) is 8.63. The molecule has 7 heteroatoms. The van der Waals surface area contributed by atoms with Crippen molar-refractivity contribution in [1.29, 1.82) is 0 Å². The number of halogens is 1. The van der Waals surface area contributed by atoms with Crippen LogP contribution < -0.4 is 14.5 Å². The highest BCUT2D eigenvalue weighted by Gasteiger charge is 2.41. The summed E-state index contributed by atoms with van der Waals surface area (Å²) in [5.41, 5.74) is 3.63. The van der Waals surface area contributed by atoms with Crippen molar-refractivity contribution in [1.82, 2.24) is 0 Å². The lowest BCUT2D eigenvalue weighted by atomic mass is 9.96. The SMILES string of the molecule is COc1ccc(C=C2C(=O)N(c3ccccc3)C(=S)N(c3ccccc3)C2=O)c(Cc2ccccc2Cl)c1. The molecule has 0 radical (unpaired) electrons. The Morgan fingerprint density at radius 3 is 1.87 bits per heavy atom. The number of amides is 2. The van der Waals surface area contributed by atoms with E-state index in [0.29, 0.717) is 34.1 Å². The summed E-state index contributed by atoms with van der Waals surface area (Å²) in [4.78, 5) is 30.5. The van der Waals surface area contributed by atoms with Gasteiger partial charge in [0.2, 0.25) is 0 Å². The summed E-state index contributed by atoms with van der Waals surface area (Å²) >= 11 is 12.1. The molecular formula is C31H23ClN2O3S. The summed E-state index contributed by atoms with van der Waals surface area (Å²) in [5, 5.41) is 0.732. The normalized spacial score (nSPS) is 13.6. The number of ether oxygens (including phenoxy) is 1. The van der Waals surface area contributed by atoms with Crippen molar-refractivity contribution < 1.29 is 14.3 Å². The molecule has 5 nitrogen and oxygen atoms in total. The molecule has 1 heterocycles. The van der Waals surface area contributed by atoms with Crippen LogP contribution in [0.5, 0.6) is 5.75 Å². The van der Waals surface area contributed by atoms with E-state index in [9.17, 15) is 9.59 Å². The number of hydrogen-bond donors (Lipinski definition) is 0. The van der Waals surface area contributed by atoms with Gasteiger partial charge in [-0.25, -0.2) is 0 Å². The molecule has 5 rings (SSSR count). The molecule has 4 aromatic carbocycles. The molecule has 0 atom stereocenters. The Kier molecular flexibility index (Phi) is 7.36. The fourth-order valence-electron chi connectivity index (χ4n) is 4.34. The van der Waals surface area contributed by atoms with Gasteiger partial charge in [-0.1, -0.05) is 72.3 Å². The highest BCUT2D eigenvalue weighted by Crippen LogP contribution is 2.31. The number of rotatable bonds is 6. The summed E-state index contributed by atoms with van der Waals surface area (Å²) in [6, 6.07) is 31.3. The topological polar surface area (TPSA) is 49.9 Å². The number of hydrogen-bond acceptors (Lipinski definition) is 4. The van der Waals surface area contributed by atoms with E-state index in [0.717, 1.165) is 11.1 Å². The highest BCUT2D eigenvalue weighted by molar-refractivity contribution is 7.81. The molecule has 4 aromatic rings. The van der Waals surface area contributed by atoms with Crippen molar-refractivity contribution in [3.05, 3.63) is 130 Å². The number of thiocarbonyl (C=S) groups is 1. The molecule has 1 saturated heterocycles. The van der Waals surface area contributed by atoms with Gasteiger partial charge < -0.3 is 4.74 Å². The minimum atomic E-state index is -0.488. The standard InChI is InChI=1S/C31H23ClN2O3S/c1-37-26-17-16-21(23(19-26)18-22-10-8-9-15-28(22)32)20-27-29(35)33(24-11-4-2-5-12-24)31(38)34(30(27)36)25-13-6-3-7-14-25/h2-17,19-20H,18H2,1H3. The van der Waals surface area contributed by atoms with Crippen LogP contribution in [0, 0.1) is 0 Å². The molecule has 38 heavy (non-hydrogen) atoms. The molecular weight excluding hydrogens is 516 g/mol. The zero-order valence-corrected chi connectivity index (χ0v) is 22.1. The van der Waals surface area contributed by atoms with E-state index < -0.39 is 11.8 Å². The van der Waals surface area contributed by atoms with Gasteiger partial charge in [-0.15, -0.1) is 0 Å². The van der Waals surface area contributed by atoms with E-state index in [1.54, 1.807) is 43.5 Å². The minimum Gasteiger partial charge on any atom is -0.497 e. The van der Waals surface area contributed by atoms with Crippen LogP contribution in [-0.2, 0) is 16.0 Å². The predicted molar refractivity (Wildman–Crippen MR) is 156 cm³/mol. The Labute approximate surface area is 231 Å². The lowest BCUT2D eigenvalue weighted by Crippen LogP contribution is -2.56. The van der Waals surface area contributed by atoms with Crippen LogP contribution in [0.25, 0.3) is 6.08 Å². The molecule has 0 saturated carbocycles. The monoisotopic (exact) mass is 538 g/mol. The zero-order valence-electron chi connectivity index (χ0n) is 20.5. The largest absolute Gasteiger partial charge is 0.497 e. The van der Waals surface area contributed by atoms with Gasteiger partial charge in [-0.3, -0.25) is 19.4 Å². The fraction of sp³-hybridized carbons (Fsp3) is 0.0645. The predicted octanol–water partition coefficient (Wildman–Crippen LogP) is 6.69. The number of anilines is 2. The Morgan fingerprint density at radius 2 is 1.32 bits per heavy atom. The first-order valence-electron chi connectivity index (χ1n) is 11.9. The number of benzene rings is 4. The number of para-hydroxylation sites is 2. The Bertz CT molecular complexity index is 1490. The first kappa shape index (κ1) is 25.4. The molecule has 0 unspecified atom stereocenters. The van der Waals surface area contributed by atoms with E-state index in [2.05, 4.69) is 0 Å². The van der Waals surface area contributed by atoms with Gasteiger partial charge in [0.15, 0.2) is 5.11 Å². The highest BCUT2D eigenvalue weighted by atomic mass is 35.5. The smallest absolute Gasteiger partial charge is 0.270 e. The molecule has 2 amide bonds. The molecule has 0 aromatic heterocycles. The van der Waals surface area contributed by atoms with Gasteiger partial charge in [0.1, 0.15) is 11.3 Å². The van der Waals surface area contributed by atoms with Crippen molar-refractivity contribution in [3.63, 3.8) is 0 Å². The number of carbonyl (C=O) groups is 2. The molecule has 0 aliphatic carbocycles. The van der Waals surface area contributed by atoms with Crippen LogP contribution in [0.3, 0.4) is 0 Å². The third-order valence-electron chi connectivity index (χ3n) is 6.27. The van der Waals surface area contributed by atoms with Crippen LogP contribution in [0.2, 0.25) is 5.02 Å². The van der Waals surface area contributed by atoms with Crippen LogP contribution in [0.15, 0.2) is 109 Å². The van der Waals surface area contributed by atoms with Crippen LogP contribution in [0.1, 0.15) is 16.7 Å². The first-order chi connectivity index (χ1) is 18.5. The van der Waals surface area contributed by atoms with Gasteiger partial charge in [-0.05, 0) is 83.9 Å². The molecule has 1 aliphatic rings. The lowest BCUT2D eigenvalue weighted by molar-refractivity contribution is -0.120. The van der Waals surface area contributed by atoms with E-state index >= 15 is 0 Å². The summed E-state index contributed by atoms with van der Waals surface area (Å²) in [7, 11) is 1.59. The van der Waals surface area contributed by atoms with Crippen LogP contribution in [0.4, 0.5) is 11.4 Å². The summed E-state index contributed by atoms with van der Waals surface area (Å²) < 4.78 is 5.45. The lowest BCUT2D eigenvalue weighted by Gasteiger charge is -2.36. The summed E-state index contributed by atoms with van der Waals surface area (Å²) in [5.74, 6) is -0.315. The molecule has 188 valence electrons. The van der Waals surface area contributed by atoms with Gasteiger partial charge >= 0.3 is 0 Å². The maximum Gasteiger partial charge on any atom is 0.270 e. The quantitative estimate of drug-likeness (QED) is 0.156. The van der Waals surface area contributed by atoms with E-state index in [-0.39, 0.29) is 10.7 Å². The number of methoxy groups -OCH3 is 1. The van der Waals surface area contributed by atoms with Gasteiger partial charge in [0.25, 0.3) is 11.8 Å². The average molecular weight is 539 g/mol. The number of nitrogens with zero attached hydrogens (tertiary/aromatic N) is 2. The third-order valence-corrected chi connectivity index (χ3v) is 7.00. The zero-order chi connectivity index (χ0) is 26.6. The first-order valence-corrected chi connectivity index (χ1v) is 12.7. The fourth-order valence-corrected chi connectivity index (χ4v) is 4.92. The molecule has 1 fully saturated rings. The van der Waals surface area contributed by atoms with E-state index in [1.165, 1.54) is 9.80 Å². The second kappa shape index (κ2) is 11.0. The average Bonchev–Trinajstić information content (AvgIpc) is 2.94. The third kappa shape index (κ3) is 4.96. The van der Waals surface area contributed by atoms with Gasteiger partial charge in [0, 0.05) is 5.02 Å². The van der Waals surface area contributed by atoms with E-state index in [4.69, 9.17) is 28.6 Å².